The minimum absolute atomic E-state index is 0.222. The van der Waals surface area contributed by atoms with E-state index in [9.17, 15) is 5.11 Å². The number of fused-ring (bicyclic) bond motifs is 4. The number of hydrogen-bond acceptors (Lipinski definition) is 5. The average Bonchev–Trinajstić information content (AvgIpc) is 2.90. The molecule has 6 nitrogen and oxygen atoms in total. The lowest BCUT2D eigenvalue weighted by Crippen LogP contribution is -2.26. The minimum atomic E-state index is 0.222. The molecule has 0 spiro atoms. The van der Waals surface area contributed by atoms with Crippen LogP contribution in [0.25, 0.3) is 39.2 Å². The van der Waals surface area contributed by atoms with Gasteiger partial charge in [0.05, 0.1) is 39.2 Å². The highest BCUT2D eigenvalue weighted by molar-refractivity contribution is 6.01. The molecule has 5 aromatic rings. The highest BCUT2D eigenvalue weighted by atomic mass is 16.5. The lowest BCUT2D eigenvalue weighted by Gasteiger charge is -2.12. The number of rotatable bonds is 6. The van der Waals surface area contributed by atoms with Crippen LogP contribution in [0.5, 0.6) is 28.7 Å². The fourth-order valence-electron chi connectivity index (χ4n) is 4.46. The number of aromatic hydroxyl groups is 1. The molecule has 2 heterocycles. The lowest BCUT2D eigenvalue weighted by molar-refractivity contribution is -0.511. The van der Waals surface area contributed by atoms with Gasteiger partial charge in [0.1, 0.15) is 5.75 Å². The van der Waals surface area contributed by atoms with Crippen molar-refractivity contribution < 1.29 is 28.5 Å². The van der Waals surface area contributed by atoms with E-state index >= 15 is 0 Å². The highest BCUT2D eigenvalue weighted by Gasteiger charge is 2.20. The fraction of sp³-hybridized carbons (Fsp3) is 0.138. The van der Waals surface area contributed by atoms with Crippen LogP contribution >= 0.6 is 0 Å². The van der Waals surface area contributed by atoms with Crippen molar-refractivity contribution in [2.24, 2.45) is 0 Å². The predicted molar refractivity (Wildman–Crippen MR) is 138 cm³/mol. The molecule has 1 N–H and O–H groups in total. The molecule has 2 aromatic heterocycles. The van der Waals surface area contributed by atoms with Crippen LogP contribution in [0.2, 0.25) is 0 Å². The Morgan fingerprint density at radius 3 is 1.91 bits per heavy atom. The quantitative estimate of drug-likeness (QED) is 0.198. The predicted octanol–water partition coefficient (Wildman–Crippen LogP) is 5.64. The molecule has 3 aromatic carbocycles. The molecule has 176 valence electrons. The summed E-state index contributed by atoms with van der Waals surface area (Å²) >= 11 is 0. The number of phenols is 1. The number of benzene rings is 3. The third kappa shape index (κ3) is 3.83. The van der Waals surface area contributed by atoms with Gasteiger partial charge >= 0.3 is 0 Å². The van der Waals surface area contributed by atoms with Crippen LogP contribution in [0.1, 0.15) is 11.3 Å². The van der Waals surface area contributed by atoms with E-state index in [0.717, 1.165) is 38.3 Å². The number of methoxy groups -OCH3 is 4. The maximum absolute atomic E-state index is 10.3. The Kier molecular flexibility index (Phi) is 5.79. The van der Waals surface area contributed by atoms with E-state index in [1.165, 1.54) is 0 Å². The first kappa shape index (κ1) is 22.3. The van der Waals surface area contributed by atoms with E-state index in [1.807, 2.05) is 60.8 Å². The Hall–Kier alpha value is -4.45. The summed E-state index contributed by atoms with van der Waals surface area (Å²) in [5, 5.41) is 14.3. The van der Waals surface area contributed by atoms with Crippen molar-refractivity contribution in [2.45, 2.75) is 0 Å². The number of aromatic nitrogens is 1. The summed E-state index contributed by atoms with van der Waals surface area (Å²) in [4.78, 5) is 0. The maximum Gasteiger partial charge on any atom is 0.219 e. The average molecular weight is 469 g/mol. The van der Waals surface area contributed by atoms with Crippen LogP contribution in [0.15, 0.2) is 66.9 Å². The lowest BCUT2D eigenvalue weighted by atomic mass is 10.0. The van der Waals surface area contributed by atoms with Crippen molar-refractivity contribution in [3.63, 3.8) is 0 Å². The van der Waals surface area contributed by atoms with E-state index in [-0.39, 0.29) is 5.75 Å². The van der Waals surface area contributed by atoms with Crippen molar-refractivity contribution in [1.29, 1.82) is 0 Å². The van der Waals surface area contributed by atoms with Crippen molar-refractivity contribution in [3.8, 4) is 28.7 Å². The Balaban J connectivity index is 1.88. The van der Waals surface area contributed by atoms with Crippen LogP contribution in [0.4, 0.5) is 0 Å². The van der Waals surface area contributed by atoms with Crippen molar-refractivity contribution in [3.05, 3.63) is 78.1 Å². The third-order valence-electron chi connectivity index (χ3n) is 6.24. The standard InChI is InChI=1S/C29H25NO5/c1-32-26-14-19-11-12-30-23(10-9-18-7-5-6-8-25(18)31)22-17-29(35-4)27(33-2)15-20(22)13-24(30)21(19)16-28(26)34-3/h5-17H,1-4H3/p+1. The van der Waals surface area contributed by atoms with Gasteiger partial charge < -0.3 is 24.1 Å². The Morgan fingerprint density at radius 2 is 1.26 bits per heavy atom. The maximum atomic E-state index is 10.3. The van der Waals surface area contributed by atoms with Crippen LogP contribution in [0, 0.1) is 0 Å². The Morgan fingerprint density at radius 1 is 0.657 bits per heavy atom. The molecule has 0 radical (unpaired) electrons. The normalized spacial score (nSPS) is 11.4. The van der Waals surface area contributed by atoms with Gasteiger partial charge in [-0.05, 0) is 47.2 Å². The molecule has 0 aliphatic carbocycles. The van der Waals surface area contributed by atoms with Crippen molar-refractivity contribution >= 4 is 39.2 Å². The third-order valence-corrected chi connectivity index (χ3v) is 6.24. The topological polar surface area (TPSA) is 61.2 Å². The molecule has 0 fully saturated rings. The second-order valence-corrected chi connectivity index (χ2v) is 8.08. The molecule has 0 saturated heterocycles. The molecule has 0 amide bonds. The number of pyridine rings is 2. The van der Waals surface area contributed by atoms with Crippen LogP contribution in [0.3, 0.4) is 0 Å². The molecule has 6 heteroatoms. The number of hydrogen-bond donors (Lipinski definition) is 1. The first-order valence-corrected chi connectivity index (χ1v) is 11.1. The van der Waals surface area contributed by atoms with Gasteiger partial charge in [0.15, 0.2) is 29.2 Å². The van der Waals surface area contributed by atoms with E-state index in [4.69, 9.17) is 18.9 Å². The molecule has 5 rings (SSSR count). The van der Waals surface area contributed by atoms with E-state index in [1.54, 1.807) is 40.6 Å². The summed E-state index contributed by atoms with van der Waals surface area (Å²) in [6.45, 7) is 0. The first-order chi connectivity index (χ1) is 17.1. The number of nitrogens with zero attached hydrogens (tertiary/aromatic N) is 1. The second kappa shape index (κ2) is 9.06. The van der Waals surface area contributed by atoms with Gasteiger partial charge in [-0.1, -0.05) is 18.2 Å². The molecule has 0 atom stereocenters. The monoisotopic (exact) mass is 468 g/mol. The van der Waals surface area contributed by atoms with Crippen LogP contribution < -0.4 is 23.3 Å². The van der Waals surface area contributed by atoms with Gasteiger partial charge in [-0.3, -0.25) is 0 Å². The van der Waals surface area contributed by atoms with E-state index in [0.29, 0.717) is 23.0 Å². The van der Waals surface area contributed by atoms with Gasteiger partial charge in [0.25, 0.3) is 0 Å². The molecule has 0 bridgehead atoms. The molecular weight excluding hydrogens is 442 g/mol. The summed E-state index contributed by atoms with van der Waals surface area (Å²) in [6, 6.07) is 19.4. The fourth-order valence-corrected chi connectivity index (χ4v) is 4.46. The zero-order valence-corrected chi connectivity index (χ0v) is 20.0. The smallest absolute Gasteiger partial charge is 0.219 e. The molecule has 0 unspecified atom stereocenters. The van der Waals surface area contributed by atoms with Gasteiger partial charge in [-0.15, -0.1) is 0 Å². The van der Waals surface area contributed by atoms with E-state index in [2.05, 4.69) is 10.5 Å². The van der Waals surface area contributed by atoms with Gasteiger partial charge in [0, 0.05) is 23.8 Å². The Labute approximate surface area is 203 Å². The zero-order valence-electron chi connectivity index (χ0n) is 20.0. The molecule has 0 saturated carbocycles. The van der Waals surface area contributed by atoms with Crippen molar-refractivity contribution in [1.82, 2.24) is 0 Å². The minimum Gasteiger partial charge on any atom is -0.507 e. The molecule has 0 aliphatic rings. The highest BCUT2D eigenvalue weighted by Crippen LogP contribution is 2.37. The largest absolute Gasteiger partial charge is 0.507 e. The molecule has 0 aliphatic heterocycles. The second-order valence-electron chi connectivity index (χ2n) is 8.08. The summed E-state index contributed by atoms with van der Waals surface area (Å²) in [7, 11) is 6.52. The number of para-hydroxylation sites is 1. The molecular formula is C29H26NO5+. The van der Waals surface area contributed by atoms with Crippen molar-refractivity contribution in [2.75, 3.05) is 28.4 Å². The molecule has 35 heavy (non-hydrogen) atoms. The Bertz CT molecular complexity index is 1610. The van der Waals surface area contributed by atoms with Gasteiger partial charge in [0.2, 0.25) is 11.2 Å². The first-order valence-electron chi connectivity index (χ1n) is 11.1. The number of ether oxygens (including phenoxy) is 4. The van der Waals surface area contributed by atoms with E-state index < -0.39 is 0 Å². The summed E-state index contributed by atoms with van der Waals surface area (Å²) in [5.41, 5.74) is 2.64. The van der Waals surface area contributed by atoms with Crippen LogP contribution in [-0.2, 0) is 0 Å². The summed E-state index contributed by atoms with van der Waals surface area (Å²) < 4.78 is 24.4. The summed E-state index contributed by atoms with van der Waals surface area (Å²) in [5.74, 6) is 2.85. The summed E-state index contributed by atoms with van der Waals surface area (Å²) in [6.07, 6.45) is 5.94. The van der Waals surface area contributed by atoms with Crippen LogP contribution in [-0.4, -0.2) is 33.5 Å². The number of phenolic OH excluding ortho intramolecular Hbond substituents is 1. The SMILES string of the molecule is COc1cc2cc3c4cc(OC)c(OC)cc4cc[n+]3c(/C=C\c3ccccc3O)c2cc1OC. The van der Waals surface area contributed by atoms with Gasteiger partial charge in [-0.2, -0.15) is 4.40 Å². The zero-order chi connectivity index (χ0) is 24.5. The van der Waals surface area contributed by atoms with Gasteiger partial charge in [-0.25, -0.2) is 0 Å².